The molecule has 1 aromatic rings. The Morgan fingerprint density at radius 2 is 1.79 bits per heavy atom. The van der Waals surface area contributed by atoms with Gasteiger partial charge in [-0.05, 0) is 37.5 Å². The van der Waals surface area contributed by atoms with Crippen molar-refractivity contribution in [2.24, 2.45) is 0 Å². The lowest BCUT2D eigenvalue weighted by Crippen LogP contribution is -2.26. The normalized spacial score (nSPS) is 13.9. The number of methoxy groups -OCH3 is 1. The van der Waals surface area contributed by atoms with E-state index in [1.54, 1.807) is 7.11 Å². The van der Waals surface area contributed by atoms with Crippen molar-refractivity contribution < 1.29 is 24.1 Å². The minimum atomic E-state index is -0.645. The summed E-state index contributed by atoms with van der Waals surface area (Å²) >= 11 is 6.12. The van der Waals surface area contributed by atoms with Crippen LogP contribution in [-0.4, -0.2) is 64.1 Å². The zero-order valence-corrected chi connectivity index (χ0v) is 15.6. The van der Waals surface area contributed by atoms with Gasteiger partial charge >= 0.3 is 0 Å². The zero-order chi connectivity index (χ0) is 17.8. The van der Waals surface area contributed by atoms with E-state index in [1.807, 2.05) is 32.0 Å². The summed E-state index contributed by atoms with van der Waals surface area (Å²) in [6, 6.07) is 6.01. The third kappa shape index (κ3) is 9.57. The van der Waals surface area contributed by atoms with Crippen LogP contribution >= 0.6 is 11.6 Å². The van der Waals surface area contributed by atoms with Gasteiger partial charge in [0.2, 0.25) is 0 Å². The molecule has 5 nitrogen and oxygen atoms in total. The van der Waals surface area contributed by atoms with Gasteiger partial charge in [0.05, 0.1) is 45.7 Å². The molecule has 138 valence electrons. The summed E-state index contributed by atoms with van der Waals surface area (Å²) in [5.74, 6) is 0. The molecule has 0 radical (unpaired) electrons. The number of halogens is 1. The van der Waals surface area contributed by atoms with Crippen molar-refractivity contribution in [2.75, 3.05) is 46.8 Å². The number of aliphatic hydroxyl groups excluding tert-OH is 1. The van der Waals surface area contributed by atoms with Crippen LogP contribution in [-0.2, 0) is 25.4 Å². The van der Waals surface area contributed by atoms with Gasteiger partial charge in [-0.1, -0.05) is 23.7 Å². The number of aliphatic hydroxyl groups is 1. The number of ether oxygens (including phenoxy) is 4. The molecule has 0 fully saturated rings. The lowest BCUT2D eigenvalue weighted by Gasteiger charge is -2.17. The average molecular weight is 361 g/mol. The molecule has 0 bridgehead atoms. The van der Waals surface area contributed by atoms with E-state index in [1.165, 1.54) is 0 Å². The van der Waals surface area contributed by atoms with Gasteiger partial charge in [0.25, 0.3) is 0 Å². The molecule has 1 aromatic carbocycles. The molecule has 1 rings (SSSR count). The Morgan fingerprint density at radius 3 is 2.50 bits per heavy atom. The van der Waals surface area contributed by atoms with Crippen LogP contribution in [0.4, 0.5) is 0 Å². The smallest absolute Gasteiger partial charge is 0.101 e. The molecular weight excluding hydrogens is 332 g/mol. The van der Waals surface area contributed by atoms with Crippen LogP contribution in [0.15, 0.2) is 18.2 Å². The van der Waals surface area contributed by atoms with Gasteiger partial charge in [0.1, 0.15) is 6.10 Å². The molecule has 2 atom stereocenters. The van der Waals surface area contributed by atoms with Crippen LogP contribution < -0.4 is 0 Å². The highest BCUT2D eigenvalue weighted by molar-refractivity contribution is 6.31. The van der Waals surface area contributed by atoms with E-state index in [9.17, 15) is 5.11 Å². The van der Waals surface area contributed by atoms with E-state index >= 15 is 0 Å². The van der Waals surface area contributed by atoms with Crippen LogP contribution in [0.1, 0.15) is 18.1 Å². The van der Waals surface area contributed by atoms with Gasteiger partial charge in [-0.15, -0.1) is 0 Å². The second-order valence-electron chi connectivity index (χ2n) is 5.77. The quantitative estimate of drug-likeness (QED) is 0.548. The first kappa shape index (κ1) is 21.4. The Hall–Kier alpha value is -0.690. The maximum absolute atomic E-state index is 9.85. The molecule has 0 amide bonds. The SMILES string of the molecule is COCCOCCOCC(O)COC(C)Cc1ccc(C)c(Cl)c1. The first-order valence-electron chi connectivity index (χ1n) is 8.22. The molecule has 24 heavy (non-hydrogen) atoms. The molecule has 0 aliphatic heterocycles. The molecule has 0 aliphatic carbocycles. The Kier molecular flexibility index (Phi) is 11.2. The number of rotatable bonds is 13. The monoisotopic (exact) mass is 360 g/mol. The standard InChI is InChI=1S/C18H29ClO5/c1-14-4-5-16(11-18(14)19)10-15(2)24-13-17(20)12-23-9-8-22-7-6-21-3/h4-5,11,15,17,20H,6-10,12-13H2,1-3H3. The average Bonchev–Trinajstić information content (AvgIpc) is 2.55. The molecule has 0 heterocycles. The third-order valence-electron chi connectivity index (χ3n) is 3.45. The van der Waals surface area contributed by atoms with Crippen LogP contribution in [0.5, 0.6) is 0 Å². The van der Waals surface area contributed by atoms with Gasteiger partial charge in [-0.25, -0.2) is 0 Å². The van der Waals surface area contributed by atoms with Crippen molar-refractivity contribution in [2.45, 2.75) is 32.5 Å². The molecule has 2 unspecified atom stereocenters. The maximum atomic E-state index is 9.85. The van der Waals surface area contributed by atoms with Gasteiger partial charge in [0, 0.05) is 12.1 Å². The van der Waals surface area contributed by atoms with E-state index in [-0.39, 0.29) is 19.3 Å². The van der Waals surface area contributed by atoms with E-state index in [2.05, 4.69) is 0 Å². The molecule has 0 aliphatic rings. The second kappa shape index (κ2) is 12.6. The Bertz CT molecular complexity index is 455. The van der Waals surface area contributed by atoms with E-state index in [4.69, 9.17) is 30.5 Å². The summed E-state index contributed by atoms with van der Waals surface area (Å²) in [5, 5.41) is 10.6. The molecule has 0 aromatic heterocycles. The molecule has 1 N–H and O–H groups in total. The van der Waals surface area contributed by atoms with Crippen molar-refractivity contribution in [1.82, 2.24) is 0 Å². The molecule has 6 heteroatoms. The van der Waals surface area contributed by atoms with Crippen molar-refractivity contribution in [3.63, 3.8) is 0 Å². The van der Waals surface area contributed by atoms with Crippen molar-refractivity contribution in [3.05, 3.63) is 34.3 Å². The summed E-state index contributed by atoms with van der Waals surface area (Å²) in [6.07, 6.45) is 0.102. The molecule has 0 spiro atoms. The van der Waals surface area contributed by atoms with Crippen LogP contribution in [0.2, 0.25) is 5.02 Å². The predicted octanol–water partition coefficient (Wildman–Crippen LogP) is 2.64. The second-order valence-corrected chi connectivity index (χ2v) is 6.17. The van der Waals surface area contributed by atoms with Crippen LogP contribution in [0.25, 0.3) is 0 Å². The number of benzene rings is 1. The number of hydrogen-bond acceptors (Lipinski definition) is 5. The lowest BCUT2D eigenvalue weighted by molar-refractivity contribution is -0.0497. The highest BCUT2D eigenvalue weighted by atomic mass is 35.5. The van der Waals surface area contributed by atoms with Crippen molar-refractivity contribution >= 4 is 11.6 Å². The fraction of sp³-hybridized carbons (Fsp3) is 0.667. The van der Waals surface area contributed by atoms with Crippen LogP contribution in [0.3, 0.4) is 0 Å². The van der Waals surface area contributed by atoms with E-state index in [0.29, 0.717) is 26.4 Å². The first-order valence-corrected chi connectivity index (χ1v) is 8.59. The number of hydrogen-bond donors (Lipinski definition) is 1. The summed E-state index contributed by atoms with van der Waals surface area (Å²) in [7, 11) is 1.63. The Labute approximate surface area is 149 Å². The topological polar surface area (TPSA) is 57.2 Å². The van der Waals surface area contributed by atoms with E-state index < -0.39 is 6.10 Å². The summed E-state index contributed by atoms with van der Waals surface area (Å²) in [5.41, 5.74) is 2.19. The van der Waals surface area contributed by atoms with Crippen molar-refractivity contribution in [3.8, 4) is 0 Å². The van der Waals surface area contributed by atoms with Gasteiger partial charge in [-0.2, -0.15) is 0 Å². The highest BCUT2D eigenvalue weighted by Crippen LogP contribution is 2.18. The summed E-state index contributed by atoms with van der Waals surface area (Å²) in [4.78, 5) is 0. The predicted molar refractivity (Wildman–Crippen MR) is 94.8 cm³/mol. The minimum absolute atomic E-state index is 0.00389. The van der Waals surface area contributed by atoms with Gasteiger partial charge in [0.15, 0.2) is 0 Å². The summed E-state index contributed by atoms with van der Waals surface area (Å²) in [6.45, 7) is 6.48. The van der Waals surface area contributed by atoms with Gasteiger partial charge < -0.3 is 24.1 Å². The maximum Gasteiger partial charge on any atom is 0.101 e. The number of aryl methyl sites for hydroxylation is 1. The third-order valence-corrected chi connectivity index (χ3v) is 3.85. The van der Waals surface area contributed by atoms with E-state index in [0.717, 1.165) is 22.6 Å². The molecule has 0 saturated carbocycles. The highest BCUT2D eigenvalue weighted by Gasteiger charge is 2.10. The minimum Gasteiger partial charge on any atom is -0.388 e. The fourth-order valence-electron chi connectivity index (χ4n) is 2.06. The molecular formula is C18H29ClO5. The largest absolute Gasteiger partial charge is 0.388 e. The Morgan fingerprint density at radius 1 is 1.08 bits per heavy atom. The van der Waals surface area contributed by atoms with Crippen molar-refractivity contribution in [1.29, 1.82) is 0 Å². The van der Waals surface area contributed by atoms with Gasteiger partial charge in [-0.3, -0.25) is 0 Å². The summed E-state index contributed by atoms with van der Waals surface area (Å²) < 4.78 is 21.1. The first-order chi connectivity index (χ1) is 11.5. The fourth-order valence-corrected chi connectivity index (χ4v) is 2.26. The zero-order valence-electron chi connectivity index (χ0n) is 14.8. The Balaban J connectivity index is 2.10. The van der Waals surface area contributed by atoms with Crippen LogP contribution in [0, 0.1) is 6.92 Å². The lowest BCUT2D eigenvalue weighted by atomic mass is 10.1. The molecule has 0 saturated heterocycles.